The van der Waals surface area contributed by atoms with Crippen LogP contribution in [0.2, 0.25) is 0 Å². The van der Waals surface area contributed by atoms with E-state index >= 15 is 0 Å². The second-order valence-electron chi connectivity index (χ2n) is 8.05. The van der Waals surface area contributed by atoms with Gasteiger partial charge in [0.2, 0.25) is 11.8 Å². The predicted molar refractivity (Wildman–Crippen MR) is 116 cm³/mol. The lowest BCUT2D eigenvalue weighted by Crippen LogP contribution is -2.49. The molecule has 172 valence electrons. The van der Waals surface area contributed by atoms with Crippen LogP contribution in [0.1, 0.15) is 46.5 Å². The minimum atomic E-state index is -0.581. The van der Waals surface area contributed by atoms with Gasteiger partial charge >= 0.3 is 5.97 Å². The SMILES string of the molecule is C=CCCC(=O)OCC(NC(=O)C(CC=C)CC(=O)NCCOCCO)C(C)(C)C. The van der Waals surface area contributed by atoms with Crippen molar-refractivity contribution < 1.29 is 29.0 Å². The summed E-state index contributed by atoms with van der Waals surface area (Å²) >= 11 is 0. The number of nitrogens with one attached hydrogen (secondary N) is 2. The highest BCUT2D eigenvalue weighted by atomic mass is 16.5. The average molecular weight is 427 g/mol. The van der Waals surface area contributed by atoms with Crippen LogP contribution >= 0.6 is 0 Å². The molecule has 0 heterocycles. The first-order chi connectivity index (χ1) is 14.1. The molecule has 0 aliphatic heterocycles. The van der Waals surface area contributed by atoms with Gasteiger partial charge in [0, 0.05) is 19.4 Å². The first kappa shape index (κ1) is 27.8. The molecule has 0 bridgehead atoms. The van der Waals surface area contributed by atoms with Crippen molar-refractivity contribution in [3.8, 4) is 0 Å². The highest BCUT2D eigenvalue weighted by Crippen LogP contribution is 2.21. The fraction of sp³-hybridized carbons (Fsp3) is 0.682. The molecule has 0 aromatic carbocycles. The maximum atomic E-state index is 12.8. The second-order valence-corrected chi connectivity index (χ2v) is 8.05. The van der Waals surface area contributed by atoms with E-state index in [1.807, 2.05) is 20.8 Å². The Bertz CT molecular complexity index is 556. The third kappa shape index (κ3) is 13.1. The molecular weight excluding hydrogens is 388 g/mol. The van der Waals surface area contributed by atoms with Gasteiger partial charge in [-0.2, -0.15) is 0 Å². The lowest BCUT2D eigenvalue weighted by molar-refractivity contribution is -0.146. The summed E-state index contributed by atoms with van der Waals surface area (Å²) in [6, 6.07) is -0.403. The quantitative estimate of drug-likeness (QED) is 0.197. The molecule has 8 nitrogen and oxygen atoms in total. The maximum Gasteiger partial charge on any atom is 0.306 e. The first-order valence-electron chi connectivity index (χ1n) is 10.3. The fourth-order valence-corrected chi connectivity index (χ4v) is 2.48. The zero-order chi connectivity index (χ0) is 23.0. The molecule has 0 aliphatic carbocycles. The highest BCUT2D eigenvalue weighted by molar-refractivity contribution is 5.86. The van der Waals surface area contributed by atoms with Gasteiger partial charge in [-0.05, 0) is 18.3 Å². The summed E-state index contributed by atoms with van der Waals surface area (Å²) in [7, 11) is 0. The van der Waals surface area contributed by atoms with E-state index in [1.165, 1.54) is 0 Å². The summed E-state index contributed by atoms with van der Waals surface area (Å²) in [5, 5.41) is 14.3. The van der Waals surface area contributed by atoms with Crippen molar-refractivity contribution in [1.29, 1.82) is 0 Å². The molecule has 0 aliphatic rings. The van der Waals surface area contributed by atoms with Crippen LogP contribution < -0.4 is 10.6 Å². The smallest absolute Gasteiger partial charge is 0.306 e. The van der Waals surface area contributed by atoms with Gasteiger partial charge < -0.3 is 25.2 Å². The van der Waals surface area contributed by atoms with Gasteiger partial charge in [-0.15, -0.1) is 13.2 Å². The molecule has 0 saturated heterocycles. The minimum absolute atomic E-state index is 0.00778. The van der Waals surface area contributed by atoms with Crippen molar-refractivity contribution >= 4 is 17.8 Å². The van der Waals surface area contributed by atoms with Crippen LogP contribution in [-0.2, 0) is 23.9 Å². The standard InChI is InChI=1S/C22H38N2O6/c1-6-8-10-20(27)30-16-18(22(3,4)5)24-21(28)17(9-7-2)15-19(26)23-11-13-29-14-12-25/h6-7,17-18,25H,1-2,8-16H2,3-5H3,(H,23,26)(H,24,28). The van der Waals surface area contributed by atoms with Crippen molar-refractivity contribution in [2.75, 3.05) is 33.0 Å². The van der Waals surface area contributed by atoms with Gasteiger partial charge in [0.15, 0.2) is 0 Å². The number of aliphatic hydroxyl groups is 1. The monoisotopic (exact) mass is 426 g/mol. The molecule has 2 unspecified atom stereocenters. The molecule has 0 rings (SSSR count). The molecular formula is C22H38N2O6. The van der Waals surface area contributed by atoms with E-state index in [9.17, 15) is 14.4 Å². The van der Waals surface area contributed by atoms with Crippen LogP contribution in [0.5, 0.6) is 0 Å². The zero-order valence-corrected chi connectivity index (χ0v) is 18.6. The molecule has 30 heavy (non-hydrogen) atoms. The maximum absolute atomic E-state index is 12.8. The molecule has 2 atom stereocenters. The first-order valence-corrected chi connectivity index (χ1v) is 10.3. The van der Waals surface area contributed by atoms with Crippen LogP contribution in [-0.4, -0.2) is 61.9 Å². The van der Waals surface area contributed by atoms with Crippen molar-refractivity contribution in [1.82, 2.24) is 10.6 Å². The van der Waals surface area contributed by atoms with Gasteiger partial charge in [0.1, 0.15) is 6.61 Å². The van der Waals surface area contributed by atoms with Crippen LogP contribution in [0.3, 0.4) is 0 Å². The number of amides is 2. The number of hydrogen-bond acceptors (Lipinski definition) is 6. The molecule has 0 fully saturated rings. The van der Waals surface area contributed by atoms with Gasteiger partial charge in [-0.25, -0.2) is 0 Å². The van der Waals surface area contributed by atoms with Crippen LogP contribution in [0, 0.1) is 11.3 Å². The molecule has 8 heteroatoms. The van der Waals surface area contributed by atoms with E-state index in [-0.39, 0.29) is 62.5 Å². The fourth-order valence-electron chi connectivity index (χ4n) is 2.48. The van der Waals surface area contributed by atoms with E-state index < -0.39 is 12.0 Å². The Morgan fingerprint density at radius 2 is 1.83 bits per heavy atom. The summed E-state index contributed by atoms with van der Waals surface area (Å²) in [6.45, 7) is 13.8. The van der Waals surface area contributed by atoms with Gasteiger partial charge in [-0.1, -0.05) is 32.9 Å². The Kier molecular flexibility index (Phi) is 14.5. The molecule has 2 amide bonds. The van der Waals surface area contributed by atoms with Crippen LogP contribution in [0.25, 0.3) is 0 Å². The number of hydrogen-bond donors (Lipinski definition) is 3. The summed E-state index contributed by atoms with van der Waals surface area (Å²) in [6.07, 6.45) is 4.38. The van der Waals surface area contributed by atoms with E-state index in [4.69, 9.17) is 14.6 Å². The lowest BCUT2D eigenvalue weighted by Gasteiger charge is -2.32. The normalized spacial score (nSPS) is 13.1. The third-order valence-corrected chi connectivity index (χ3v) is 4.38. The topological polar surface area (TPSA) is 114 Å². The molecule has 3 N–H and O–H groups in total. The minimum Gasteiger partial charge on any atom is -0.463 e. The predicted octanol–water partition coefficient (Wildman–Crippen LogP) is 1.73. The summed E-state index contributed by atoms with van der Waals surface area (Å²) in [4.78, 5) is 36.8. The number of carbonyl (C=O) groups excluding carboxylic acids is 3. The molecule has 0 aromatic rings. The second kappa shape index (κ2) is 15.6. The van der Waals surface area contributed by atoms with E-state index in [1.54, 1.807) is 12.2 Å². The third-order valence-electron chi connectivity index (χ3n) is 4.38. The van der Waals surface area contributed by atoms with Crippen molar-refractivity contribution in [3.05, 3.63) is 25.3 Å². The average Bonchev–Trinajstić information content (AvgIpc) is 2.67. The molecule has 0 spiro atoms. The lowest BCUT2D eigenvalue weighted by atomic mass is 9.86. The highest BCUT2D eigenvalue weighted by Gasteiger charge is 2.30. The van der Waals surface area contributed by atoms with E-state index in [0.29, 0.717) is 19.4 Å². The summed E-state index contributed by atoms with van der Waals surface area (Å²) in [5.74, 6) is -1.48. The van der Waals surface area contributed by atoms with Gasteiger partial charge in [0.05, 0.1) is 31.8 Å². The Morgan fingerprint density at radius 3 is 2.40 bits per heavy atom. The van der Waals surface area contributed by atoms with Gasteiger partial charge in [0.25, 0.3) is 0 Å². The van der Waals surface area contributed by atoms with Crippen molar-refractivity contribution in [2.45, 2.75) is 52.5 Å². The Morgan fingerprint density at radius 1 is 1.13 bits per heavy atom. The summed E-state index contributed by atoms with van der Waals surface area (Å²) < 4.78 is 10.4. The molecule has 0 aromatic heterocycles. The Hall–Kier alpha value is -2.19. The number of allylic oxidation sites excluding steroid dienone is 2. The summed E-state index contributed by atoms with van der Waals surface area (Å²) in [5.41, 5.74) is -0.348. The Balaban J connectivity index is 4.79. The van der Waals surface area contributed by atoms with Crippen molar-refractivity contribution in [2.24, 2.45) is 11.3 Å². The largest absolute Gasteiger partial charge is 0.463 e. The van der Waals surface area contributed by atoms with Crippen molar-refractivity contribution in [3.63, 3.8) is 0 Å². The van der Waals surface area contributed by atoms with Crippen LogP contribution in [0.15, 0.2) is 25.3 Å². The Labute approximate surface area is 180 Å². The number of carbonyl (C=O) groups is 3. The number of esters is 1. The van der Waals surface area contributed by atoms with E-state index in [0.717, 1.165) is 0 Å². The number of ether oxygens (including phenoxy) is 2. The van der Waals surface area contributed by atoms with E-state index in [2.05, 4.69) is 23.8 Å². The molecule has 0 radical (unpaired) electrons. The van der Waals surface area contributed by atoms with Gasteiger partial charge in [-0.3, -0.25) is 14.4 Å². The zero-order valence-electron chi connectivity index (χ0n) is 18.6. The number of rotatable bonds is 16. The number of aliphatic hydroxyl groups excluding tert-OH is 1. The molecule has 0 saturated carbocycles. The van der Waals surface area contributed by atoms with Crippen LogP contribution in [0.4, 0.5) is 0 Å².